The third-order valence-electron chi connectivity index (χ3n) is 2.40. The van der Waals surface area contributed by atoms with Crippen LogP contribution >= 0.6 is 27.7 Å². The molecule has 0 aliphatic carbocycles. The van der Waals surface area contributed by atoms with Crippen LogP contribution in [-0.2, 0) is 4.74 Å². The molecule has 0 spiro atoms. The zero-order valence-electron chi connectivity index (χ0n) is 10.7. The van der Waals surface area contributed by atoms with E-state index in [1.807, 2.05) is 0 Å². The molecule has 0 atom stereocenters. The van der Waals surface area contributed by atoms with Gasteiger partial charge in [0.25, 0.3) is 0 Å². The first-order valence-electron chi connectivity index (χ1n) is 5.62. The van der Waals surface area contributed by atoms with Gasteiger partial charge in [-0.2, -0.15) is 0 Å². The number of aromatic carboxylic acids is 1. The lowest BCUT2D eigenvalue weighted by Gasteiger charge is -2.06. The van der Waals surface area contributed by atoms with Gasteiger partial charge in [0.2, 0.25) is 0 Å². The summed E-state index contributed by atoms with van der Waals surface area (Å²) < 4.78 is 5.31. The molecule has 0 fully saturated rings. The fourth-order valence-corrected chi connectivity index (χ4v) is 2.92. The lowest BCUT2D eigenvalue weighted by atomic mass is 10.2. The number of halogens is 1. The predicted molar refractivity (Wildman–Crippen MR) is 78.6 cm³/mol. The standard InChI is InChI=1S/C13H9BrN2O4S/c1-20-13(19)9-5-15-6-11(16-9)21-10-4-7(14)2-3-8(10)12(17)18/h2-6H,1H3,(H,17,18). The van der Waals surface area contributed by atoms with Gasteiger partial charge in [0.05, 0.1) is 25.1 Å². The number of carboxylic acid groups (broad SMARTS) is 1. The average molecular weight is 369 g/mol. The van der Waals surface area contributed by atoms with Gasteiger partial charge in [-0.1, -0.05) is 27.7 Å². The highest BCUT2D eigenvalue weighted by atomic mass is 79.9. The highest BCUT2D eigenvalue weighted by Gasteiger charge is 2.14. The molecule has 2 rings (SSSR count). The van der Waals surface area contributed by atoms with Crippen LogP contribution in [0.2, 0.25) is 0 Å². The zero-order chi connectivity index (χ0) is 15.4. The van der Waals surface area contributed by atoms with E-state index < -0.39 is 11.9 Å². The molecule has 1 aromatic heterocycles. The maximum Gasteiger partial charge on any atom is 0.358 e. The lowest BCUT2D eigenvalue weighted by Crippen LogP contribution is -2.05. The summed E-state index contributed by atoms with van der Waals surface area (Å²) in [5, 5.41) is 9.58. The third-order valence-corrected chi connectivity index (χ3v) is 3.85. The lowest BCUT2D eigenvalue weighted by molar-refractivity contribution is 0.0591. The highest BCUT2D eigenvalue weighted by molar-refractivity contribution is 9.10. The SMILES string of the molecule is COC(=O)c1cncc(Sc2cc(Br)ccc2C(=O)O)n1. The van der Waals surface area contributed by atoms with Crippen molar-refractivity contribution < 1.29 is 19.4 Å². The minimum Gasteiger partial charge on any atom is -0.478 e. The van der Waals surface area contributed by atoms with Crippen LogP contribution in [0.3, 0.4) is 0 Å². The summed E-state index contributed by atoms with van der Waals surface area (Å²) in [4.78, 5) is 31.1. The second-order valence-corrected chi connectivity index (χ2v) is 5.76. The first-order valence-corrected chi connectivity index (χ1v) is 7.23. The number of carbonyl (C=O) groups excluding carboxylic acids is 1. The van der Waals surface area contributed by atoms with Gasteiger partial charge in [0.1, 0.15) is 5.03 Å². The number of hydrogen-bond donors (Lipinski definition) is 1. The van der Waals surface area contributed by atoms with Crippen molar-refractivity contribution in [2.75, 3.05) is 7.11 Å². The molecule has 0 aliphatic rings. The van der Waals surface area contributed by atoms with Crippen LogP contribution in [-0.4, -0.2) is 34.1 Å². The molecular weight excluding hydrogens is 360 g/mol. The number of carbonyl (C=O) groups is 2. The number of aromatic nitrogens is 2. The Labute approximate surface area is 132 Å². The summed E-state index contributed by atoms with van der Waals surface area (Å²) >= 11 is 4.40. The number of nitrogens with zero attached hydrogens (tertiary/aromatic N) is 2. The quantitative estimate of drug-likeness (QED) is 0.829. The smallest absolute Gasteiger partial charge is 0.358 e. The number of benzene rings is 1. The molecule has 108 valence electrons. The van der Waals surface area contributed by atoms with Gasteiger partial charge in [-0.05, 0) is 18.2 Å². The maximum atomic E-state index is 11.4. The largest absolute Gasteiger partial charge is 0.478 e. The van der Waals surface area contributed by atoms with Gasteiger partial charge in [-0.15, -0.1) is 0 Å². The Bertz CT molecular complexity index is 708. The van der Waals surface area contributed by atoms with Crippen LogP contribution in [0, 0.1) is 0 Å². The molecule has 0 radical (unpaired) electrons. The Morgan fingerprint density at radius 1 is 1.33 bits per heavy atom. The summed E-state index contributed by atoms with van der Waals surface area (Å²) in [6.45, 7) is 0. The first-order chi connectivity index (χ1) is 10.0. The van der Waals surface area contributed by atoms with E-state index in [1.165, 1.54) is 25.6 Å². The van der Waals surface area contributed by atoms with E-state index in [0.29, 0.717) is 9.92 Å². The monoisotopic (exact) mass is 368 g/mol. The van der Waals surface area contributed by atoms with Crippen molar-refractivity contribution in [1.29, 1.82) is 0 Å². The van der Waals surface area contributed by atoms with Crippen molar-refractivity contribution in [2.24, 2.45) is 0 Å². The van der Waals surface area contributed by atoms with Crippen LogP contribution in [0.15, 0.2) is 45.0 Å². The Balaban J connectivity index is 2.36. The molecule has 0 saturated heterocycles. The first kappa shape index (κ1) is 15.5. The van der Waals surface area contributed by atoms with Crippen molar-refractivity contribution in [3.05, 3.63) is 46.3 Å². The van der Waals surface area contributed by atoms with E-state index in [9.17, 15) is 14.7 Å². The van der Waals surface area contributed by atoms with E-state index in [1.54, 1.807) is 12.1 Å². The van der Waals surface area contributed by atoms with E-state index in [-0.39, 0.29) is 11.3 Å². The number of rotatable bonds is 4. The summed E-state index contributed by atoms with van der Waals surface area (Å²) in [5.74, 6) is -1.64. The van der Waals surface area contributed by atoms with Crippen LogP contribution in [0.5, 0.6) is 0 Å². The number of hydrogen-bond acceptors (Lipinski definition) is 6. The topological polar surface area (TPSA) is 89.4 Å². The fraction of sp³-hybridized carbons (Fsp3) is 0.0769. The summed E-state index contributed by atoms with van der Waals surface area (Å²) in [6, 6.07) is 4.80. The number of carboxylic acids is 1. The summed E-state index contributed by atoms with van der Waals surface area (Å²) in [5.41, 5.74) is 0.211. The van der Waals surface area contributed by atoms with Gasteiger partial charge in [0.15, 0.2) is 5.69 Å². The molecule has 1 heterocycles. The van der Waals surface area contributed by atoms with Crippen molar-refractivity contribution in [3.8, 4) is 0 Å². The third kappa shape index (κ3) is 3.79. The predicted octanol–water partition coefficient (Wildman–Crippen LogP) is 2.88. The molecule has 1 aromatic carbocycles. The number of esters is 1. The minimum atomic E-state index is -1.04. The molecule has 8 heteroatoms. The highest BCUT2D eigenvalue weighted by Crippen LogP contribution is 2.31. The molecule has 6 nitrogen and oxygen atoms in total. The average Bonchev–Trinajstić information content (AvgIpc) is 2.46. The van der Waals surface area contributed by atoms with E-state index in [4.69, 9.17) is 0 Å². The molecule has 0 amide bonds. The molecule has 0 bridgehead atoms. The van der Waals surface area contributed by atoms with Gasteiger partial charge >= 0.3 is 11.9 Å². The number of ether oxygens (including phenoxy) is 1. The molecule has 1 N–H and O–H groups in total. The maximum absolute atomic E-state index is 11.4. The Morgan fingerprint density at radius 3 is 2.76 bits per heavy atom. The Hall–Kier alpha value is -1.93. The second-order valence-electron chi connectivity index (χ2n) is 3.78. The van der Waals surface area contributed by atoms with E-state index in [0.717, 1.165) is 16.2 Å². The molecule has 0 saturated carbocycles. The minimum absolute atomic E-state index is 0.0642. The summed E-state index contributed by atoms with van der Waals surface area (Å²) in [6.07, 6.45) is 2.73. The van der Waals surface area contributed by atoms with Gasteiger partial charge in [-0.25, -0.2) is 14.6 Å². The molecule has 2 aromatic rings. The van der Waals surface area contributed by atoms with Crippen molar-refractivity contribution in [1.82, 2.24) is 9.97 Å². The Morgan fingerprint density at radius 2 is 2.10 bits per heavy atom. The molecule has 21 heavy (non-hydrogen) atoms. The molecule has 0 unspecified atom stereocenters. The molecule has 0 aliphatic heterocycles. The van der Waals surface area contributed by atoms with E-state index >= 15 is 0 Å². The van der Waals surface area contributed by atoms with Crippen LogP contribution in [0.4, 0.5) is 0 Å². The van der Waals surface area contributed by atoms with Gasteiger partial charge in [-0.3, -0.25) is 4.98 Å². The van der Waals surface area contributed by atoms with Crippen LogP contribution in [0.1, 0.15) is 20.8 Å². The molecular formula is C13H9BrN2O4S. The van der Waals surface area contributed by atoms with Crippen molar-refractivity contribution in [2.45, 2.75) is 9.92 Å². The number of methoxy groups -OCH3 is 1. The zero-order valence-corrected chi connectivity index (χ0v) is 13.1. The normalized spacial score (nSPS) is 10.2. The van der Waals surface area contributed by atoms with Crippen LogP contribution in [0.25, 0.3) is 0 Å². The summed E-state index contributed by atoms with van der Waals surface area (Å²) in [7, 11) is 1.25. The van der Waals surface area contributed by atoms with Crippen molar-refractivity contribution in [3.63, 3.8) is 0 Å². The van der Waals surface area contributed by atoms with E-state index in [2.05, 4.69) is 30.6 Å². The van der Waals surface area contributed by atoms with Crippen LogP contribution < -0.4 is 0 Å². The van der Waals surface area contributed by atoms with Crippen molar-refractivity contribution >= 4 is 39.6 Å². The second kappa shape index (κ2) is 6.68. The van der Waals surface area contributed by atoms with Gasteiger partial charge in [0, 0.05) is 9.37 Å². The van der Waals surface area contributed by atoms with Gasteiger partial charge < -0.3 is 9.84 Å². The Kier molecular flexibility index (Phi) is 4.92. The fourth-order valence-electron chi connectivity index (χ4n) is 1.47.